The van der Waals surface area contributed by atoms with E-state index in [2.05, 4.69) is 10.3 Å². The van der Waals surface area contributed by atoms with E-state index in [1.54, 1.807) is 0 Å². The number of ether oxygens (including phenoxy) is 2. The van der Waals surface area contributed by atoms with Crippen LogP contribution in [0.3, 0.4) is 0 Å². The summed E-state index contributed by atoms with van der Waals surface area (Å²) in [6, 6.07) is 15.3. The number of piperidine rings is 1. The molecule has 2 heterocycles. The molecule has 0 spiro atoms. The minimum Gasteiger partial charge on any atom is -0.494 e. The van der Waals surface area contributed by atoms with Gasteiger partial charge in [-0.15, -0.1) is 0 Å². The number of carbonyl (C=O) groups is 2. The molecule has 0 saturated carbocycles. The molecule has 194 valence electrons. The maximum Gasteiger partial charge on any atom is 0.303 e. The number of carbonyl (C=O) groups excluding carboxylic acids is 1. The molecule has 5 N–H and O–H groups in total. The lowest BCUT2D eigenvalue weighted by Gasteiger charge is -2.22. The first kappa shape index (κ1) is 27.1. The molecule has 4 rings (SSSR count). The number of aryl methyl sites for hydroxylation is 1. The van der Waals surface area contributed by atoms with Crippen LogP contribution in [0.5, 0.6) is 11.5 Å². The van der Waals surface area contributed by atoms with E-state index in [9.17, 15) is 9.59 Å². The molecule has 0 radical (unpaired) electrons. The van der Waals surface area contributed by atoms with Crippen molar-refractivity contribution in [2.45, 2.75) is 44.9 Å². The van der Waals surface area contributed by atoms with Crippen LogP contribution in [0, 0.1) is 5.92 Å². The molecule has 0 atom stereocenters. The highest BCUT2D eigenvalue weighted by Crippen LogP contribution is 2.29. The first-order chi connectivity index (χ1) is 17.5. The summed E-state index contributed by atoms with van der Waals surface area (Å²) in [5, 5.41) is 12.9. The van der Waals surface area contributed by atoms with Crippen LogP contribution in [-0.4, -0.2) is 48.8 Å². The maximum absolute atomic E-state index is 11.1. The van der Waals surface area contributed by atoms with Crippen LogP contribution >= 0.6 is 0 Å². The summed E-state index contributed by atoms with van der Waals surface area (Å²) in [6.07, 6.45) is 7.05. The number of aliphatic carboxylic acids is 1. The Kier molecular flexibility index (Phi) is 10.6. The third-order valence-corrected chi connectivity index (χ3v) is 6.39. The molecule has 1 aromatic heterocycles. The predicted molar refractivity (Wildman–Crippen MR) is 141 cm³/mol. The van der Waals surface area contributed by atoms with Gasteiger partial charge in [0.25, 0.3) is 5.91 Å². The van der Waals surface area contributed by atoms with Gasteiger partial charge in [0.05, 0.1) is 13.7 Å². The molecule has 0 aliphatic carbocycles. The fraction of sp³-hybridized carbons (Fsp3) is 0.429. The normalized spacial score (nSPS) is 13.6. The monoisotopic (exact) mass is 495 g/mol. The van der Waals surface area contributed by atoms with E-state index in [4.69, 9.17) is 20.3 Å². The van der Waals surface area contributed by atoms with Gasteiger partial charge in [0, 0.05) is 17.3 Å². The van der Waals surface area contributed by atoms with E-state index < -0.39 is 11.9 Å². The number of hydrogen-bond acceptors (Lipinski definition) is 5. The van der Waals surface area contributed by atoms with Gasteiger partial charge in [0.15, 0.2) is 5.75 Å². The Morgan fingerprint density at radius 3 is 2.44 bits per heavy atom. The number of carboxylic acids is 1. The molecular formula is C28H37N3O5. The summed E-state index contributed by atoms with van der Waals surface area (Å²) in [6.45, 7) is 3.12. The zero-order valence-corrected chi connectivity index (χ0v) is 20.9. The molecule has 8 heteroatoms. The summed E-state index contributed by atoms with van der Waals surface area (Å²) in [7, 11) is 1.52. The highest BCUT2D eigenvalue weighted by Gasteiger charge is 2.15. The second-order valence-corrected chi connectivity index (χ2v) is 9.02. The molecule has 3 aromatic rings. The average molecular weight is 496 g/mol. The molecule has 8 nitrogen and oxygen atoms in total. The van der Waals surface area contributed by atoms with Crippen molar-refractivity contribution in [1.82, 2.24) is 10.3 Å². The van der Waals surface area contributed by atoms with Crippen molar-refractivity contribution in [1.29, 1.82) is 0 Å². The van der Waals surface area contributed by atoms with Gasteiger partial charge >= 0.3 is 5.97 Å². The van der Waals surface area contributed by atoms with E-state index in [0.29, 0.717) is 17.9 Å². The van der Waals surface area contributed by atoms with Crippen molar-refractivity contribution >= 4 is 22.8 Å². The van der Waals surface area contributed by atoms with Gasteiger partial charge in [-0.1, -0.05) is 30.7 Å². The van der Waals surface area contributed by atoms with E-state index >= 15 is 0 Å². The van der Waals surface area contributed by atoms with Crippen molar-refractivity contribution in [2.24, 2.45) is 11.7 Å². The highest BCUT2D eigenvalue weighted by atomic mass is 16.5. The third-order valence-electron chi connectivity index (χ3n) is 6.39. The molecule has 1 saturated heterocycles. The van der Waals surface area contributed by atoms with Gasteiger partial charge in [-0.3, -0.25) is 9.59 Å². The van der Waals surface area contributed by atoms with Crippen LogP contribution < -0.4 is 20.5 Å². The lowest BCUT2D eigenvalue weighted by atomic mass is 9.93. The SMILES string of the molecule is COc1c(C(N)=O)[nH]c2ccccc12.O=C(O)CCc1ccc(OCCCCC2CCNCC2)cc1. The lowest BCUT2D eigenvalue weighted by molar-refractivity contribution is -0.136. The second kappa shape index (κ2) is 14.1. The summed E-state index contributed by atoms with van der Waals surface area (Å²) in [5.74, 6) is 1.01. The van der Waals surface area contributed by atoms with E-state index in [1.807, 2.05) is 48.5 Å². The van der Waals surface area contributed by atoms with Gasteiger partial charge in [0.2, 0.25) is 0 Å². The zero-order chi connectivity index (χ0) is 25.8. The van der Waals surface area contributed by atoms with Crippen molar-refractivity contribution in [2.75, 3.05) is 26.8 Å². The number of unbranched alkanes of at least 4 members (excludes halogenated alkanes) is 1. The minimum atomic E-state index is -0.755. The standard InChI is InChI=1S/C18H27NO3.C10H10N2O2/c20-18(21)9-6-16-4-7-17(8-5-16)22-14-2-1-3-15-10-12-19-13-11-15;1-14-9-6-4-2-3-5-7(6)12-8(9)10(11)13/h4-5,7-8,15,19H,1-3,6,9-14H2,(H,20,21);2-5,12H,1H3,(H2,11,13). The number of rotatable bonds is 11. The largest absolute Gasteiger partial charge is 0.494 e. The third kappa shape index (κ3) is 8.30. The number of aromatic nitrogens is 1. The summed E-state index contributed by atoms with van der Waals surface area (Å²) < 4.78 is 10.9. The van der Waals surface area contributed by atoms with E-state index in [0.717, 1.165) is 41.2 Å². The molecule has 0 unspecified atom stereocenters. The van der Waals surface area contributed by atoms with Crippen LogP contribution in [-0.2, 0) is 11.2 Å². The number of fused-ring (bicyclic) bond motifs is 1. The summed E-state index contributed by atoms with van der Waals surface area (Å²) in [4.78, 5) is 24.5. The zero-order valence-electron chi connectivity index (χ0n) is 20.9. The van der Waals surface area contributed by atoms with Crippen molar-refractivity contribution in [3.8, 4) is 11.5 Å². The van der Waals surface area contributed by atoms with Crippen molar-refractivity contribution in [3.05, 3.63) is 59.8 Å². The number of nitrogens with one attached hydrogen (secondary N) is 2. The van der Waals surface area contributed by atoms with Gasteiger partial charge in [-0.2, -0.15) is 0 Å². The summed E-state index contributed by atoms with van der Waals surface area (Å²) >= 11 is 0. The number of amides is 1. The molecule has 1 aliphatic heterocycles. The number of carboxylic acid groups (broad SMARTS) is 1. The predicted octanol–water partition coefficient (Wildman–Crippen LogP) is 4.53. The van der Waals surface area contributed by atoms with Gasteiger partial charge < -0.3 is 30.6 Å². The molecule has 2 aromatic carbocycles. The first-order valence-corrected chi connectivity index (χ1v) is 12.6. The lowest BCUT2D eigenvalue weighted by Crippen LogP contribution is -2.27. The fourth-order valence-corrected chi connectivity index (χ4v) is 4.40. The molecule has 1 aliphatic rings. The fourth-order valence-electron chi connectivity index (χ4n) is 4.40. The molecule has 1 amide bonds. The number of hydrogen-bond donors (Lipinski definition) is 4. The van der Waals surface area contributed by atoms with Gasteiger partial charge in [-0.05, 0) is 80.9 Å². The average Bonchev–Trinajstić information content (AvgIpc) is 3.28. The topological polar surface area (TPSA) is 127 Å². The molecular weight excluding hydrogens is 458 g/mol. The molecule has 36 heavy (non-hydrogen) atoms. The Morgan fingerprint density at radius 1 is 1.06 bits per heavy atom. The Labute approximate surface area is 212 Å². The van der Waals surface area contributed by atoms with Crippen molar-refractivity contribution in [3.63, 3.8) is 0 Å². The number of benzene rings is 2. The van der Waals surface area contributed by atoms with Crippen LogP contribution in [0.4, 0.5) is 0 Å². The van der Waals surface area contributed by atoms with Crippen molar-refractivity contribution < 1.29 is 24.2 Å². The van der Waals surface area contributed by atoms with Crippen LogP contribution in [0.25, 0.3) is 10.9 Å². The number of H-pyrrole nitrogens is 1. The van der Waals surface area contributed by atoms with Gasteiger partial charge in [-0.25, -0.2) is 0 Å². The smallest absolute Gasteiger partial charge is 0.303 e. The number of methoxy groups -OCH3 is 1. The Bertz CT molecular complexity index is 1100. The Balaban J connectivity index is 0.000000221. The van der Waals surface area contributed by atoms with E-state index in [-0.39, 0.29) is 6.42 Å². The highest BCUT2D eigenvalue weighted by molar-refractivity contribution is 6.02. The van der Waals surface area contributed by atoms with Crippen LogP contribution in [0.15, 0.2) is 48.5 Å². The number of aromatic amines is 1. The Morgan fingerprint density at radius 2 is 1.78 bits per heavy atom. The number of primary amides is 1. The Hall–Kier alpha value is -3.52. The number of para-hydroxylation sites is 1. The summed E-state index contributed by atoms with van der Waals surface area (Å²) in [5.41, 5.74) is 7.41. The maximum atomic E-state index is 11.1. The second-order valence-electron chi connectivity index (χ2n) is 9.02. The number of nitrogens with two attached hydrogens (primary N) is 1. The molecule has 0 bridgehead atoms. The van der Waals surface area contributed by atoms with Crippen LogP contribution in [0.2, 0.25) is 0 Å². The van der Waals surface area contributed by atoms with Gasteiger partial charge in [0.1, 0.15) is 11.4 Å². The molecule has 1 fully saturated rings. The minimum absolute atomic E-state index is 0.177. The van der Waals surface area contributed by atoms with Crippen LogP contribution in [0.1, 0.15) is 54.6 Å². The quantitative estimate of drug-likeness (QED) is 0.290. The van der Waals surface area contributed by atoms with E-state index in [1.165, 1.54) is 45.9 Å². The first-order valence-electron chi connectivity index (χ1n) is 12.6.